The Hall–Kier alpha value is -3.28. The Morgan fingerprint density at radius 1 is 1.31 bits per heavy atom. The molecule has 1 unspecified atom stereocenters. The molecule has 4 rings (SSSR count). The van der Waals surface area contributed by atoms with Crippen molar-refractivity contribution in [3.63, 3.8) is 0 Å². The van der Waals surface area contributed by atoms with Gasteiger partial charge in [0.15, 0.2) is 6.79 Å². The molecular formula is C25H34N6O5. The standard InChI is InChI=1S/C25H34N6O5/c1-4-7-31(2)25-29-21(10-23(30-25)28-18-13-35-14-18)24(33)27-12-22(32)20-9-16-5-6-19(36-15-34-3)8-17(16)11-26-20/h5-6,8,10-11,18,20,22,32H,4,7,9,12-15H2,1-3H3,(H,27,33)(H,28,29,30)/t20?,22-/m1/s1. The molecular weight excluding hydrogens is 464 g/mol. The summed E-state index contributed by atoms with van der Waals surface area (Å²) in [5, 5.41) is 16.8. The number of hydrogen-bond donors (Lipinski definition) is 3. The topological polar surface area (TPSA) is 130 Å². The molecule has 0 bridgehead atoms. The first-order valence-electron chi connectivity index (χ1n) is 12.2. The van der Waals surface area contributed by atoms with Crippen LogP contribution in [0.3, 0.4) is 0 Å². The summed E-state index contributed by atoms with van der Waals surface area (Å²) >= 11 is 0. The Morgan fingerprint density at radius 2 is 2.14 bits per heavy atom. The number of aliphatic hydroxyl groups excluding tert-OH is 1. The smallest absolute Gasteiger partial charge is 0.270 e. The molecule has 11 nitrogen and oxygen atoms in total. The van der Waals surface area contributed by atoms with E-state index in [2.05, 4.69) is 32.5 Å². The van der Waals surface area contributed by atoms with E-state index in [0.717, 1.165) is 24.1 Å². The number of aliphatic imine (C=N–C) groups is 1. The lowest BCUT2D eigenvalue weighted by Crippen LogP contribution is -2.41. The van der Waals surface area contributed by atoms with Crippen molar-refractivity contribution in [3.8, 4) is 5.75 Å². The highest BCUT2D eigenvalue weighted by molar-refractivity contribution is 5.93. The molecule has 0 spiro atoms. The fourth-order valence-electron chi connectivity index (χ4n) is 3.97. The van der Waals surface area contributed by atoms with E-state index in [1.165, 1.54) is 0 Å². The highest BCUT2D eigenvalue weighted by atomic mass is 16.7. The van der Waals surface area contributed by atoms with Crippen LogP contribution in [0, 0.1) is 0 Å². The third-order valence-electron chi connectivity index (χ3n) is 6.05. The van der Waals surface area contributed by atoms with Crippen LogP contribution in [-0.2, 0) is 15.9 Å². The molecule has 36 heavy (non-hydrogen) atoms. The van der Waals surface area contributed by atoms with Crippen LogP contribution in [0.2, 0.25) is 0 Å². The largest absolute Gasteiger partial charge is 0.468 e. The fourth-order valence-corrected chi connectivity index (χ4v) is 3.97. The molecule has 0 aliphatic carbocycles. The minimum atomic E-state index is -0.850. The van der Waals surface area contributed by atoms with Gasteiger partial charge >= 0.3 is 0 Å². The number of nitrogens with one attached hydrogen (secondary N) is 2. The second kappa shape index (κ2) is 12.1. The van der Waals surface area contributed by atoms with Crippen LogP contribution in [-0.4, -0.2) is 92.6 Å². The molecule has 194 valence electrons. The number of fused-ring (bicyclic) bond motifs is 1. The van der Waals surface area contributed by atoms with Crippen molar-refractivity contribution in [2.75, 3.05) is 57.5 Å². The number of nitrogens with zero attached hydrogens (tertiary/aromatic N) is 4. The highest BCUT2D eigenvalue weighted by Crippen LogP contribution is 2.23. The quantitative estimate of drug-likeness (QED) is 0.370. The Bertz CT molecular complexity index is 1080. The number of aromatic nitrogens is 2. The van der Waals surface area contributed by atoms with Gasteiger partial charge in [0.05, 0.1) is 31.4 Å². The van der Waals surface area contributed by atoms with Crippen molar-refractivity contribution in [3.05, 3.63) is 41.1 Å². The van der Waals surface area contributed by atoms with Gasteiger partial charge in [-0.3, -0.25) is 9.79 Å². The zero-order valence-corrected chi connectivity index (χ0v) is 20.9. The molecule has 2 atom stereocenters. The number of benzene rings is 1. The van der Waals surface area contributed by atoms with Crippen molar-refractivity contribution < 1.29 is 24.1 Å². The van der Waals surface area contributed by atoms with Gasteiger partial charge in [0.2, 0.25) is 5.95 Å². The average Bonchev–Trinajstić information content (AvgIpc) is 2.87. The third kappa shape index (κ3) is 6.48. The van der Waals surface area contributed by atoms with Crippen molar-refractivity contribution in [1.82, 2.24) is 15.3 Å². The number of methoxy groups -OCH3 is 1. The van der Waals surface area contributed by atoms with E-state index in [1.807, 2.05) is 30.1 Å². The minimum Gasteiger partial charge on any atom is -0.468 e. The minimum absolute atomic E-state index is 0.0502. The summed E-state index contributed by atoms with van der Waals surface area (Å²) in [6.07, 6.45) is 2.37. The number of rotatable bonds is 12. The van der Waals surface area contributed by atoms with Gasteiger partial charge < -0.3 is 34.9 Å². The van der Waals surface area contributed by atoms with Crippen LogP contribution < -0.4 is 20.3 Å². The highest BCUT2D eigenvalue weighted by Gasteiger charge is 2.25. The summed E-state index contributed by atoms with van der Waals surface area (Å²) < 4.78 is 15.6. The van der Waals surface area contributed by atoms with Gasteiger partial charge in [0.25, 0.3) is 5.91 Å². The number of hydrogen-bond acceptors (Lipinski definition) is 10. The lowest BCUT2D eigenvalue weighted by Gasteiger charge is -2.28. The molecule has 1 saturated heterocycles. The molecule has 1 aromatic heterocycles. The molecule has 0 radical (unpaired) electrons. The molecule has 2 aromatic rings. The summed E-state index contributed by atoms with van der Waals surface area (Å²) in [6.45, 7) is 4.26. The van der Waals surface area contributed by atoms with E-state index < -0.39 is 6.10 Å². The van der Waals surface area contributed by atoms with E-state index in [0.29, 0.717) is 37.2 Å². The summed E-state index contributed by atoms with van der Waals surface area (Å²) in [5.41, 5.74) is 2.23. The first-order valence-corrected chi connectivity index (χ1v) is 12.2. The van der Waals surface area contributed by atoms with Crippen LogP contribution in [0.4, 0.5) is 11.8 Å². The molecule has 3 heterocycles. The number of carbonyl (C=O) groups excluding carboxylic acids is 1. The third-order valence-corrected chi connectivity index (χ3v) is 6.05. The van der Waals surface area contributed by atoms with Gasteiger partial charge in [0.1, 0.15) is 17.3 Å². The molecule has 2 aliphatic heterocycles. The molecule has 1 fully saturated rings. The predicted octanol–water partition coefficient (Wildman–Crippen LogP) is 1.25. The number of ether oxygens (including phenoxy) is 3. The zero-order chi connectivity index (χ0) is 25.5. The maximum atomic E-state index is 13.0. The second-order valence-electron chi connectivity index (χ2n) is 8.98. The maximum Gasteiger partial charge on any atom is 0.270 e. The van der Waals surface area contributed by atoms with Crippen molar-refractivity contribution in [1.29, 1.82) is 0 Å². The van der Waals surface area contributed by atoms with Gasteiger partial charge in [-0.15, -0.1) is 0 Å². The Morgan fingerprint density at radius 3 is 2.86 bits per heavy atom. The van der Waals surface area contributed by atoms with Crippen molar-refractivity contribution in [2.45, 2.75) is 38.0 Å². The van der Waals surface area contributed by atoms with Crippen LogP contribution in [0.5, 0.6) is 5.75 Å². The number of anilines is 2. The molecule has 0 saturated carbocycles. The summed E-state index contributed by atoms with van der Waals surface area (Å²) in [4.78, 5) is 28.4. The van der Waals surface area contributed by atoms with Gasteiger partial charge in [-0.1, -0.05) is 13.0 Å². The van der Waals surface area contributed by atoms with Gasteiger partial charge in [-0.2, -0.15) is 4.98 Å². The monoisotopic (exact) mass is 498 g/mol. The molecule has 1 amide bonds. The SMILES string of the molecule is CCCN(C)c1nc(NC2COC2)cc(C(=O)NC[C@@H](O)C2Cc3ccc(OCOC)cc3C=N2)n1. The summed E-state index contributed by atoms with van der Waals surface area (Å²) in [6, 6.07) is 7.15. The average molecular weight is 499 g/mol. The summed E-state index contributed by atoms with van der Waals surface area (Å²) in [7, 11) is 3.46. The number of aliphatic hydroxyl groups is 1. The predicted molar refractivity (Wildman–Crippen MR) is 136 cm³/mol. The summed E-state index contributed by atoms with van der Waals surface area (Å²) in [5.74, 6) is 1.36. The van der Waals surface area contributed by atoms with Crippen LogP contribution >= 0.6 is 0 Å². The van der Waals surface area contributed by atoms with E-state index in [-0.39, 0.29) is 37.0 Å². The second-order valence-corrected chi connectivity index (χ2v) is 8.98. The van der Waals surface area contributed by atoms with Crippen LogP contribution in [0.1, 0.15) is 35.0 Å². The molecule has 3 N–H and O–H groups in total. The Kier molecular flexibility index (Phi) is 8.68. The molecule has 1 aromatic carbocycles. The van der Waals surface area contributed by atoms with Crippen molar-refractivity contribution in [2.24, 2.45) is 4.99 Å². The maximum absolute atomic E-state index is 13.0. The molecule has 2 aliphatic rings. The van der Waals surface area contributed by atoms with E-state index >= 15 is 0 Å². The Balaban J connectivity index is 1.38. The number of amides is 1. The first kappa shape index (κ1) is 25.8. The lowest BCUT2D eigenvalue weighted by molar-refractivity contribution is 0.0209. The fraction of sp³-hybridized carbons (Fsp3) is 0.520. The molecule has 11 heteroatoms. The Labute approximate surface area is 210 Å². The van der Waals surface area contributed by atoms with Gasteiger partial charge in [-0.25, -0.2) is 4.98 Å². The zero-order valence-electron chi connectivity index (χ0n) is 20.9. The lowest BCUT2D eigenvalue weighted by atomic mass is 9.95. The van der Waals surface area contributed by atoms with Gasteiger partial charge in [0, 0.05) is 39.5 Å². The first-order chi connectivity index (χ1) is 17.5. The van der Waals surface area contributed by atoms with E-state index in [1.54, 1.807) is 19.4 Å². The number of carbonyl (C=O) groups is 1. The van der Waals surface area contributed by atoms with Crippen LogP contribution in [0.15, 0.2) is 29.3 Å². The van der Waals surface area contributed by atoms with E-state index in [9.17, 15) is 9.90 Å². The van der Waals surface area contributed by atoms with E-state index in [4.69, 9.17) is 14.2 Å². The van der Waals surface area contributed by atoms with Crippen LogP contribution in [0.25, 0.3) is 0 Å². The van der Waals surface area contributed by atoms with Crippen molar-refractivity contribution >= 4 is 23.9 Å². The normalized spacial score (nSPS) is 17.6. The van der Waals surface area contributed by atoms with Gasteiger partial charge in [-0.05, 0) is 36.1 Å².